The van der Waals surface area contributed by atoms with E-state index in [0.717, 1.165) is 70.7 Å². The summed E-state index contributed by atoms with van der Waals surface area (Å²) in [7, 11) is 4.09. The largest absolute Gasteiger partial charge is 0.388 e. The van der Waals surface area contributed by atoms with Gasteiger partial charge in [0.15, 0.2) is 0 Å². The van der Waals surface area contributed by atoms with Crippen LogP contribution in [0.15, 0.2) is 66.7 Å². The van der Waals surface area contributed by atoms with Crippen LogP contribution in [0.2, 0.25) is 5.02 Å². The van der Waals surface area contributed by atoms with Crippen molar-refractivity contribution in [1.82, 2.24) is 14.9 Å². The van der Waals surface area contributed by atoms with E-state index in [0.29, 0.717) is 6.42 Å². The van der Waals surface area contributed by atoms with E-state index in [2.05, 4.69) is 57.8 Å². The van der Waals surface area contributed by atoms with Crippen molar-refractivity contribution in [2.45, 2.75) is 6.42 Å². The number of nitrogens with zero attached hydrogens (tertiary/aromatic N) is 4. The zero-order valence-electron chi connectivity index (χ0n) is 19.6. The molecule has 2 N–H and O–H groups in total. The molecule has 7 heteroatoms. The second-order valence-corrected chi connectivity index (χ2v) is 9.18. The summed E-state index contributed by atoms with van der Waals surface area (Å²) < 4.78 is 0. The van der Waals surface area contributed by atoms with E-state index in [1.807, 2.05) is 43.4 Å². The quantitative estimate of drug-likeness (QED) is 0.391. The Labute approximate surface area is 205 Å². The first-order valence-electron chi connectivity index (χ1n) is 11.6. The van der Waals surface area contributed by atoms with Gasteiger partial charge in [0.05, 0.1) is 5.52 Å². The highest BCUT2D eigenvalue weighted by molar-refractivity contribution is 6.30. The lowest BCUT2D eigenvalue weighted by molar-refractivity contribution is 0.313. The minimum Gasteiger partial charge on any atom is -0.388 e. The van der Waals surface area contributed by atoms with E-state index in [1.165, 1.54) is 5.69 Å². The van der Waals surface area contributed by atoms with Crippen LogP contribution in [0.4, 0.5) is 22.9 Å². The van der Waals surface area contributed by atoms with Gasteiger partial charge in [0.2, 0.25) is 0 Å². The Bertz CT molecular complexity index is 1280. The number of piperazine rings is 1. The summed E-state index contributed by atoms with van der Waals surface area (Å²) in [6.07, 6.45) is 0.612. The third kappa shape index (κ3) is 5.08. The topological polar surface area (TPSA) is 56.3 Å². The number of hydrogen-bond donors (Lipinski definition) is 2. The summed E-state index contributed by atoms with van der Waals surface area (Å²) in [4.78, 5) is 14.5. The molecule has 1 fully saturated rings. The normalized spacial score (nSPS) is 14.4. The molecule has 0 atom stereocenters. The standard InChI is InChI=1S/C27H29ClN6/c1-29-22-8-11-25-24(18-22)27(32-26(31-25)17-19-4-3-5-20(28)16-19)30-21-6-9-23(10-7-21)34-14-12-33(2)13-15-34/h3-11,16,18,29H,12-15,17H2,1-2H3,(H,30,31,32). The van der Waals surface area contributed by atoms with Gasteiger partial charge in [-0.05, 0) is 67.2 Å². The molecule has 1 aromatic heterocycles. The molecule has 34 heavy (non-hydrogen) atoms. The molecule has 1 saturated heterocycles. The molecular weight excluding hydrogens is 444 g/mol. The van der Waals surface area contributed by atoms with E-state index >= 15 is 0 Å². The van der Waals surface area contributed by atoms with Crippen molar-refractivity contribution in [2.24, 2.45) is 0 Å². The van der Waals surface area contributed by atoms with Gasteiger partial charge in [-0.2, -0.15) is 0 Å². The smallest absolute Gasteiger partial charge is 0.142 e. The predicted octanol–water partition coefficient (Wildman–Crippen LogP) is 5.41. The van der Waals surface area contributed by atoms with Crippen molar-refractivity contribution < 1.29 is 0 Å². The van der Waals surface area contributed by atoms with Crippen molar-refractivity contribution in [3.63, 3.8) is 0 Å². The van der Waals surface area contributed by atoms with E-state index in [9.17, 15) is 0 Å². The molecular formula is C27H29ClN6. The van der Waals surface area contributed by atoms with Crippen LogP contribution < -0.4 is 15.5 Å². The molecule has 1 aliphatic heterocycles. The van der Waals surface area contributed by atoms with E-state index in [4.69, 9.17) is 21.6 Å². The number of rotatable bonds is 6. The number of nitrogens with one attached hydrogen (secondary N) is 2. The number of halogens is 1. The summed E-state index contributed by atoms with van der Waals surface area (Å²) in [5.74, 6) is 1.55. The maximum atomic E-state index is 6.19. The maximum Gasteiger partial charge on any atom is 0.142 e. The van der Waals surface area contributed by atoms with Gasteiger partial charge in [-0.15, -0.1) is 0 Å². The Morgan fingerprint density at radius 1 is 0.882 bits per heavy atom. The average molecular weight is 473 g/mol. The van der Waals surface area contributed by atoms with Crippen LogP contribution in [-0.2, 0) is 6.42 Å². The molecule has 2 heterocycles. The monoisotopic (exact) mass is 472 g/mol. The van der Waals surface area contributed by atoms with Crippen LogP contribution >= 0.6 is 11.6 Å². The highest BCUT2D eigenvalue weighted by Gasteiger charge is 2.15. The molecule has 1 aliphatic rings. The van der Waals surface area contributed by atoms with E-state index in [1.54, 1.807) is 0 Å². The Balaban J connectivity index is 1.44. The van der Waals surface area contributed by atoms with Crippen LogP contribution in [-0.4, -0.2) is 55.1 Å². The fraction of sp³-hybridized carbons (Fsp3) is 0.259. The first kappa shape index (κ1) is 22.4. The van der Waals surface area contributed by atoms with Crippen LogP contribution in [0.1, 0.15) is 11.4 Å². The van der Waals surface area contributed by atoms with Gasteiger partial charge in [-0.25, -0.2) is 9.97 Å². The van der Waals surface area contributed by atoms with Crippen molar-refractivity contribution in [3.05, 3.63) is 83.1 Å². The third-order valence-electron chi connectivity index (χ3n) is 6.28. The lowest BCUT2D eigenvalue weighted by atomic mass is 10.1. The summed E-state index contributed by atoms with van der Waals surface area (Å²) in [5, 5.41) is 8.45. The molecule has 0 bridgehead atoms. The molecule has 5 rings (SSSR count). The van der Waals surface area contributed by atoms with Gasteiger partial charge in [-0.3, -0.25) is 0 Å². The minimum atomic E-state index is 0.612. The van der Waals surface area contributed by atoms with E-state index in [-0.39, 0.29) is 0 Å². The summed E-state index contributed by atoms with van der Waals surface area (Å²) in [5.41, 5.74) is 5.27. The molecule has 6 nitrogen and oxygen atoms in total. The van der Waals surface area contributed by atoms with Crippen molar-refractivity contribution in [1.29, 1.82) is 0 Å². The molecule has 3 aromatic carbocycles. The van der Waals surface area contributed by atoms with Gasteiger partial charge in [0, 0.05) is 67.1 Å². The molecule has 0 radical (unpaired) electrons. The van der Waals surface area contributed by atoms with Gasteiger partial charge < -0.3 is 20.4 Å². The van der Waals surface area contributed by atoms with Crippen LogP contribution in [0.3, 0.4) is 0 Å². The van der Waals surface area contributed by atoms with Crippen molar-refractivity contribution in [2.75, 3.05) is 55.8 Å². The second kappa shape index (κ2) is 9.87. The first-order chi connectivity index (χ1) is 16.6. The fourth-order valence-electron chi connectivity index (χ4n) is 4.29. The molecule has 0 unspecified atom stereocenters. The van der Waals surface area contributed by atoms with Gasteiger partial charge >= 0.3 is 0 Å². The summed E-state index contributed by atoms with van der Waals surface area (Å²) in [6, 6.07) is 22.6. The minimum absolute atomic E-state index is 0.612. The SMILES string of the molecule is CNc1ccc2nc(Cc3cccc(Cl)c3)nc(Nc3ccc(N4CCN(C)CC4)cc3)c2c1. The fourth-order valence-corrected chi connectivity index (χ4v) is 4.51. The number of likely N-dealkylation sites (N-methyl/N-ethyl adjacent to an activating group) is 1. The Morgan fingerprint density at radius 3 is 2.38 bits per heavy atom. The lowest BCUT2D eigenvalue weighted by Gasteiger charge is -2.34. The molecule has 0 spiro atoms. The Hall–Kier alpha value is -3.35. The first-order valence-corrected chi connectivity index (χ1v) is 12.0. The second-order valence-electron chi connectivity index (χ2n) is 8.74. The van der Waals surface area contributed by atoms with Gasteiger partial charge in [0.1, 0.15) is 11.6 Å². The lowest BCUT2D eigenvalue weighted by Crippen LogP contribution is -2.44. The number of fused-ring (bicyclic) bond motifs is 1. The summed E-state index contributed by atoms with van der Waals surface area (Å²) >= 11 is 6.19. The van der Waals surface area contributed by atoms with E-state index < -0.39 is 0 Å². The molecule has 0 amide bonds. The third-order valence-corrected chi connectivity index (χ3v) is 6.52. The number of benzene rings is 3. The summed E-state index contributed by atoms with van der Waals surface area (Å²) in [6.45, 7) is 4.30. The number of aromatic nitrogens is 2. The van der Waals surface area contributed by atoms with Crippen LogP contribution in [0.25, 0.3) is 10.9 Å². The Morgan fingerprint density at radius 2 is 1.65 bits per heavy atom. The van der Waals surface area contributed by atoms with Crippen molar-refractivity contribution >= 4 is 45.4 Å². The predicted molar refractivity (Wildman–Crippen MR) is 143 cm³/mol. The van der Waals surface area contributed by atoms with Crippen LogP contribution in [0, 0.1) is 0 Å². The average Bonchev–Trinajstić information content (AvgIpc) is 2.85. The molecule has 4 aromatic rings. The number of anilines is 4. The number of hydrogen-bond acceptors (Lipinski definition) is 6. The zero-order chi connectivity index (χ0) is 23.5. The Kier molecular flexibility index (Phi) is 6.52. The maximum absolute atomic E-state index is 6.19. The zero-order valence-corrected chi connectivity index (χ0v) is 20.3. The highest BCUT2D eigenvalue weighted by atomic mass is 35.5. The molecule has 174 valence electrons. The van der Waals surface area contributed by atoms with Gasteiger partial charge in [-0.1, -0.05) is 23.7 Å². The van der Waals surface area contributed by atoms with Crippen LogP contribution in [0.5, 0.6) is 0 Å². The van der Waals surface area contributed by atoms with Gasteiger partial charge in [0.25, 0.3) is 0 Å². The molecule has 0 aliphatic carbocycles. The molecule has 0 saturated carbocycles. The highest BCUT2D eigenvalue weighted by Crippen LogP contribution is 2.28. The van der Waals surface area contributed by atoms with Crippen molar-refractivity contribution in [3.8, 4) is 0 Å².